The van der Waals surface area contributed by atoms with Crippen LogP contribution in [-0.2, 0) is 0 Å². The van der Waals surface area contributed by atoms with Gasteiger partial charge in [0.05, 0.1) is 28.7 Å². The van der Waals surface area contributed by atoms with Crippen molar-refractivity contribution in [1.82, 2.24) is 20.2 Å². The monoisotopic (exact) mass is 475 g/mol. The Morgan fingerprint density at radius 3 is 2.91 bits per heavy atom. The van der Waals surface area contributed by atoms with E-state index >= 15 is 0 Å². The van der Waals surface area contributed by atoms with Crippen LogP contribution in [0.3, 0.4) is 0 Å². The molecule has 0 saturated carbocycles. The predicted octanol–water partition coefficient (Wildman–Crippen LogP) is 3.45. The first kappa shape index (κ1) is 22.2. The van der Waals surface area contributed by atoms with Crippen molar-refractivity contribution in [3.8, 4) is 5.75 Å². The summed E-state index contributed by atoms with van der Waals surface area (Å²) in [5.41, 5.74) is 1.15. The molecule has 1 amide bonds. The molecule has 2 bridgehead atoms. The molecule has 3 fully saturated rings. The van der Waals surface area contributed by atoms with Gasteiger partial charge in [0, 0.05) is 43.0 Å². The molecule has 10 heteroatoms. The highest BCUT2D eigenvalue weighted by molar-refractivity contribution is 6.31. The first-order valence-electron chi connectivity index (χ1n) is 11.0. The van der Waals surface area contributed by atoms with Crippen LogP contribution in [-0.4, -0.2) is 63.9 Å². The van der Waals surface area contributed by atoms with Gasteiger partial charge in [-0.1, -0.05) is 11.6 Å². The number of halogens is 3. The average molecular weight is 476 g/mol. The summed E-state index contributed by atoms with van der Waals surface area (Å²) in [5.74, 6) is -0.715. The van der Waals surface area contributed by atoms with E-state index in [1.165, 1.54) is 29.3 Å². The van der Waals surface area contributed by atoms with Crippen molar-refractivity contribution in [2.45, 2.75) is 56.5 Å². The van der Waals surface area contributed by atoms with Crippen molar-refractivity contribution in [1.29, 1.82) is 5.41 Å². The second kappa shape index (κ2) is 8.61. The van der Waals surface area contributed by atoms with E-state index in [4.69, 9.17) is 21.7 Å². The zero-order valence-electron chi connectivity index (χ0n) is 18.0. The summed E-state index contributed by atoms with van der Waals surface area (Å²) < 4.78 is 34.2. The molecule has 5 rings (SSSR count). The normalized spacial score (nSPS) is 28.9. The number of likely N-dealkylation sites (tertiary alicyclic amines) is 1. The molecular weight excluding hydrogens is 452 g/mol. The highest BCUT2D eigenvalue weighted by Crippen LogP contribution is 2.34. The highest BCUT2D eigenvalue weighted by atomic mass is 35.5. The maximum atomic E-state index is 14.1. The smallest absolute Gasteiger partial charge is 0.257 e. The average Bonchev–Trinajstić information content (AvgIpc) is 3.28. The van der Waals surface area contributed by atoms with Crippen LogP contribution in [0, 0.1) is 18.2 Å². The lowest BCUT2D eigenvalue weighted by atomic mass is 10.0. The predicted molar refractivity (Wildman–Crippen MR) is 118 cm³/mol. The molecule has 7 nitrogen and oxygen atoms in total. The Morgan fingerprint density at radius 1 is 1.33 bits per heavy atom. The van der Waals surface area contributed by atoms with Crippen molar-refractivity contribution in [3.05, 3.63) is 52.3 Å². The molecule has 3 saturated heterocycles. The van der Waals surface area contributed by atoms with Gasteiger partial charge in [0.2, 0.25) is 0 Å². The van der Waals surface area contributed by atoms with E-state index in [-0.39, 0.29) is 48.5 Å². The van der Waals surface area contributed by atoms with Gasteiger partial charge in [-0.3, -0.25) is 4.79 Å². The molecule has 1 aromatic heterocycles. The first-order valence-corrected chi connectivity index (χ1v) is 11.4. The second-order valence-corrected chi connectivity index (χ2v) is 9.41. The number of aryl methyl sites for hydroxylation is 1. The highest BCUT2D eigenvalue weighted by Gasteiger charge is 2.42. The van der Waals surface area contributed by atoms with Gasteiger partial charge in [0.15, 0.2) is 0 Å². The number of rotatable bonds is 4. The van der Waals surface area contributed by atoms with Crippen LogP contribution < -0.4 is 10.1 Å². The molecule has 2 N–H and O–H groups in total. The summed E-state index contributed by atoms with van der Waals surface area (Å²) in [6, 6.07) is 3.58. The fourth-order valence-electron chi connectivity index (χ4n) is 4.95. The maximum Gasteiger partial charge on any atom is 0.257 e. The van der Waals surface area contributed by atoms with Crippen molar-refractivity contribution in [3.63, 3.8) is 0 Å². The number of amides is 1. The number of nitrogens with zero attached hydrogens (tertiary/aromatic N) is 3. The van der Waals surface area contributed by atoms with Crippen molar-refractivity contribution in [2.75, 3.05) is 13.1 Å². The number of aromatic nitrogens is 2. The minimum Gasteiger partial charge on any atom is -0.489 e. The SMILES string of the molecule is Cc1nc(C2CN(C(=O)c3ccc(F)cc3OC3CC4CC(F)C(C3)N4)CC2=N)ncc1Cl. The molecule has 0 radical (unpaired) electrons. The minimum atomic E-state index is -0.913. The van der Waals surface area contributed by atoms with Gasteiger partial charge >= 0.3 is 0 Å². The number of ether oxygens (including phenoxy) is 1. The summed E-state index contributed by atoms with van der Waals surface area (Å²) in [6.45, 7) is 2.11. The van der Waals surface area contributed by atoms with Gasteiger partial charge in [0.25, 0.3) is 5.91 Å². The van der Waals surface area contributed by atoms with Crippen LogP contribution in [0.4, 0.5) is 8.78 Å². The summed E-state index contributed by atoms with van der Waals surface area (Å²) in [5, 5.41) is 12.1. The largest absolute Gasteiger partial charge is 0.489 e. The van der Waals surface area contributed by atoms with E-state index in [2.05, 4.69) is 15.3 Å². The van der Waals surface area contributed by atoms with Crippen LogP contribution in [0.2, 0.25) is 5.02 Å². The van der Waals surface area contributed by atoms with Crippen molar-refractivity contribution in [2.24, 2.45) is 0 Å². The lowest BCUT2D eigenvalue weighted by molar-refractivity contribution is 0.0780. The van der Waals surface area contributed by atoms with E-state index in [1.54, 1.807) is 6.92 Å². The molecule has 2 aromatic rings. The molecular formula is C23H24ClF2N5O2. The van der Waals surface area contributed by atoms with Gasteiger partial charge in [-0.05, 0) is 31.9 Å². The number of piperidine rings is 1. The van der Waals surface area contributed by atoms with Crippen LogP contribution >= 0.6 is 11.6 Å². The maximum absolute atomic E-state index is 14.1. The lowest BCUT2D eigenvalue weighted by Gasteiger charge is -2.30. The summed E-state index contributed by atoms with van der Waals surface area (Å²) in [7, 11) is 0. The number of alkyl halides is 1. The van der Waals surface area contributed by atoms with Crippen LogP contribution in [0.1, 0.15) is 47.1 Å². The fourth-order valence-corrected chi connectivity index (χ4v) is 5.04. The van der Waals surface area contributed by atoms with E-state index < -0.39 is 17.9 Å². The summed E-state index contributed by atoms with van der Waals surface area (Å²) in [6.07, 6.45) is 1.80. The van der Waals surface area contributed by atoms with Crippen LogP contribution in [0.25, 0.3) is 0 Å². The molecule has 0 spiro atoms. The Bertz CT molecular complexity index is 1110. The third-order valence-corrected chi connectivity index (χ3v) is 7.02. The topological polar surface area (TPSA) is 91.2 Å². The Kier molecular flexibility index (Phi) is 5.78. The summed E-state index contributed by atoms with van der Waals surface area (Å²) in [4.78, 5) is 23.5. The Hall–Kier alpha value is -2.65. The summed E-state index contributed by atoms with van der Waals surface area (Å²) >= 11 is 6.01. The number of hydrogen-bond acceptors (Lipinski definition) is 6. The second-order valence-electron chi connectivity index (χ2n) is 9.00. The molecule has 4 heterocycles. The Balaban J connectivity index is 1.34. The fraction of sp³-hybridized carbons (Fsp3) is 0.478. The quantitative estimate of drug-likeness (QED) is 0.706. The Labute approximate surface area is 195 Å². The zero-order valence-corrected chi connectivity index (χ0v) is 18.8. The number of carbonyl (C=O) groups excluding carboxylic acids is 1. The molecule has 33 heavy (non-hydrogen) atoms. The third-order valence-electron chi connectivity index (χ3n) is 6.65. The number of fused-ring (bicyclic) bond motifs is 2. The number of benzene rings is 1. The number of carbonyl (C=O) groups is 1. The molecule has 1 aromatic carbocycles. The van der Waals surface area contributed by atoms with Crippen LogP contribution in [0.15, 0.2) is 24.4 Å². The van der Waals surface area contributed by atoms with Gasteiger partial charge < -0.3 is 20.4 Å². The van der Waals surface area contributed by atoms with Gasteiger partial charge in [-0.15, -0.1) is 0 Å². The van der Waals surface area contributed by atoms with Gasteiger partial charge in [-0.2, -0.15) is 0 Å². The van der Waals surface area contributed by atoms with Crippen molar-refractivity contribution >= 4 is 23.2 Å². The molecule has 0 aliphatic carbocycles. The van der Waals surface area contributed by atoms with E-state index in [9.17, 15) is 13.6 Å². The van der Waals surface area contributed by atoms with E-state index in [1.807, 2.05) is 0 Å². The van der Waals surface area contributed by atoms with Gasteiger partial charge in [0.1, 0.15) is 29.7 Å². The van der Waals surface area contributed by atoms with E-state index in [0.29, 0.717) is 41.5 Å². The molecule has 3 aliphatic rings. The van der Waals surface area contributed by atoms with Gasteiger partial charge in [-0.25, -0.2) is 18.7 Å². The van der Waals surface area contributed by atoms with Crippen molar-refractivity contribution < 1.29 is 18.3 Å². The number of nitrogens with one attached hydrogen (secondary N) is 2. The standard InChI is InChI=1S/C23H24ClF2N5O2/c1-11-17(24)8-28-22(29-11)16-9-31(10-19(16)27)23(32)15-3-2-12(25)4-21(15)33-14-5-13-6-18(26)20(7-14)30-13/h2-4,8,13-14,16,18,20,27,30H,5-7,9-10H2,1H3. The Morgan fingerprint density at radius 2 is 2.15 bits per heavy atom. The first-order chi connectivity index (χ1) is 15.8. The minimum absolute atomic E-state index is 0.0270. The lowest BCUT2D eigenvalue weighted by Crippen LogP contribution is -2.44. The van der Waals surface area contributed by atoms with E-state index in [0.717, 1.165) is 0 Å². The zero-order chi connectivity index (χ0) is 23.3. The molecule has 3 aliphatic heterocycles. The third kappa shape index (κ3) is 4.31. The number of hydrogen-bond donors (Lipinski definition) is 2. The molecule has 5 atom stereocenters. The molecule has 5 unspecified atom stereocenters. The molecule has 174 valence electrons. The van der Waals surface area contributed by atoms with Crippen LogP contribution in [0.5, 0.6) is 5.75 Å².